The molecule has 9 nitrogen and oxygen atoms in total. The van der Waals surface area contributed by atoms with Crippen molar-refractivity contribution < 1.29 is 29.2 Å². The van der Waals surface area contributed by atoms with Crippen LogP contribution in [0, 0.1) is 5.21 Å². The normalized spacial score (nSPS) is 11.9. The molecule has 1 rings (SSSR count). The first-order chi connectivity index (χ1) is 11.8. The number of nitrogens with one attached hydrogen (secondary N) is 1. The first kappa shape index (κ1) is 21.1. The zero-order chi connectivity index (χ0) is 18.8. The Morgan fingerprint density at radius 1 is 1.32 bits per heavy atom. The fraction of sp³-hybridized carbons (Fsp3) is 0.400. The van der Waals surface area contributed by atoms with E-state index in [1.165, 1.54) is 19.1 Å². The topological polar surface area (TPSA) is 128 Å². The molecule has 25 heavy (non-hydrogen) atoms. The van der Waals surface area contributed by atoms with Crippen molar-refractivity contribution in [3.05, 3.63) is 40.6 Å². The Hall–Kier alpha value is -1.98. The lowest BCUT2D eigenvalue weighted by Gasteiger charge is -2.18. The summed E-state index contributed by atoms with van der Waals surface area (Å²) in [5, 5.41) is 20.1. The van der Waals surface area contributed by atoms with Gasteiger partial charge in [0.15, 0.2) is 0 Å². The van der Waals surface area contributed by atoms with Crippen LogP contribution in [0.1, 0.15) is 29.8 Å². The maximum Gasteiger partial charge on any atom is 0.329 e. The molecule has 0 saturated carbocycles. The van der Waals surface area contributed by atoms with Crippen molar-refractivity contribution in [3.63, 3.8) is 0 Å². The van der Waals surface area contributed by atoms with Crippen molar-refractivity contribution in [3.8, 4) is 0 Å². The number of ether oxygens (including phenoxy) is 1. The van der Waals surface area contributed by atoms with Crippen LogP contribution in [0.15, 0.2) is 24.3 Å². The Labute approximate surface area is 148 Å². The van der Waals surface area contributed by atoms with Crippen molar-refractivity contribution in [2.75, 3.05) is 12.4 Å². The number of benzene rings is 1. The third-order valence-electron chi connectivity index (χ3n) is 2.86. The summed E-state index contributed by atoms with van der Waals surface area (Å²) in [6.45, 7) is 2.95. The van der Waals surface area contributed by atoms with Gasteiger partial charge in [-0.25, -0.2) is 4.79 Å². The van der Waals surface area contributed by atoms with Crippen molar-refractivity contribution in [2.24, 2.45) is 0 Å². The van der Waals surface area contributed by atoms with E-state index in [4.69, 9.17) is 9.94 Å². The van der Waals surface area contributed by atoms with Gasteiger partial charge in [0.25, 0.3) is 0 Å². The summed E-state index contributed by atoms with van der Waals surface area (Å²) in [7, 11) is 0. The smallest absolute Gasteiger partial charge is 0.329 e. The second-order valence-corrected chi connectivity index (χ2v) is 5.80. The quantitative estimate of drug-likeness (QED) is 0.486. The first-order valence-electron chi connectivity index (χ1n) is 7.32. The SMILES string of the molecule is CCOC(=O)C(CSC(=O)c1ccc(CON([O-])O)cc1)NC(C)=O. The minimum absolute atomic E-state index is 0.0394. The molecular formula is C15H19N2O7S-. The Balaban J connectivity index is 2.61. The minimum Gasteiger partial charge on any atom is -0.738 e. The molecule has 0 saturated heterocycles. The highest BCUT2D eigenvalue weighted by Crippen LogP contribution is 2.15. The molecule has 0 spiro atoms. The number of thioether (sulfide) groups is 1. The van der Waals surface area contributed by atoms with E-state index in [9.17, 15) is 19.6 Å². The average molecular weight is 371 g/mol. The zero-order valence-electron chi connectivity index (χ0n) is 13.8. The highest BCUT2D eigenvalue weighted by molar-refractivity contribution is 8.14. The molecule has 138 valence electrons. The molecule has 0 bridgehead atoms. The molecule has 2 N–H and O–H groups in total. The van der Waals surface area contributed by atoms with Gasteiger partial charge in [-0.1, -0.05) is 36.0 Å². The average Bonchev–Trinajstić information content (AvgIpc) is 2.56. The number of carbonyl (C=O) groups is 3. The molecule has 0 aliphatic carbocycles. The van der Waals surface area contributed by atoms with E-state index in [0.29, 0.717) is 11.1 Å². The molecule has 0 fully saturated rings. The molecule has 1 atom stereocenters. The number of rotatable bonds is 9. The fourth-order valence-electron chi connectivity index (χ4n) is 1.77. The van der Waals surface area contributed by atoms with Crippen LogP contribution in [-0.2, 0) is 25.8 Å². The maximum absolute atomic E-state index is 12.2. The van der Waals surface area contributed by atoms with Gasteiger partial charge < -0.3 is 20.5 Å². The lowest BCUT2D eigenvalue weighted by Crippen LogP contribution is -2.42. The molecule has 1 amide bonds. The van der Waals surface area contributed by atoms with Crippen molar-refractivity contribution >= 4 is 28.8 Å². The van der Waals surface area contributed by atoms with Gasteiger partial charge in [0.05, 0.1) is 13.2 Å². The summed E-state index contributed by atoms with van der Waals surface area (Å²) in [6.07, 6.45) is 0. The van der Waals surface area contributed by atoms with Crippen LogP contribution >= 0.6 is 11.8 Å². The Kier molecular flexibility index (Phi) is 9.10. The van der Waals surface area contributed by atoms with Crippen LogP contribution in [0.5, 0.6) is 0 Å². The fourth-order valence-corrected chi connectivity index (χ4v) is 2.61. The second-order valence-electron chi connectivity index (χ2n) is 4.81. The van der Waals surface area contributed by atoms with Crippen LogP contribution < -0.4 is 5.32 Å². The van der Waals surface area contributed by atoms with Crippen molar-refractivity contribution in [1.82, 2.24) is 10.7 Å². The molecule has 0 aromatic heterocycles. The number of hydrogen-bond acceptors (Lipinski definition) is 9. The largest absolute Gasteiger partial charge is 0.738 e. The molecule has 0 aliphatic rings. The van der Waals surface area contributed by atoms with E-state index in [1.54, 1.807) is 19.1 Å². The molecule has 1 aromatic carbocycles. The summed E-state index contributed by atoms with van der Waals surface area (Å²) in [6, 6.07) is 5.27. The highest BCUT2D eigenvalue weighted by atomic mass is 32.2. The van der Waals surface area contributed by atoms with Crippen LogP contribution in [0.3, 0.4) is 0 Å². The predicted octanol–water partition coefficient (Wildman–Crippen LogP) is 1.25. The van der Waals surface area contributed by atoms with Crippen LogP contribution in [-0.4, -0.2) is 46.0 Å². The third-order valence-corrected chi connectivity index (χ3v) is 3.86. The number of amides is 1. The molecule has 0 radical (unpaired) electrons. The zero-order valence-corrected chi connectivity index (χ0v) is 14.6. The molecule has 10 heteroatoms. The lowest BCUT2D eigenvalue weighted by atomic mass is 10.2. The Morgan fingerprint density at radius 3 is 2.48 bits per heavy atom. The van der Waals surface area contributed by atoms with Gasteiger partial charge in [-0.05, 0) is 12.5 Å². The maximum atomic E-state index is 12.2. The summed E-state index contributed by atoms with van der Waals surface area (Å²) >= 11 is 0.874. The standard InChI is InChI=1S/C15H19N2O7S/c1-3-23-14(19)13(16-10(2)18)9-25-15(20)12-6-4-11(5-7-12)8-24-17(21)22/h4-7,13,21H,3,8-9H2,1-2H3,(H,16,18)/q-1. The van der Waals surface area contributed by atoms with Gasteiger partial charge in [0.2, 0.25) is 11.0 Å². The van der Waals surface area contributed by atoms with Gasteiger partial charge >= 0.3 is 5.97 Å². The minimum atomic E-state index is -0.910. The molecule has 1 aromatic rings. The van der Waals surface area contributed by atoms with Gasteiger partial charge in [-0.2, -0.15) is 0 Å². The molecule has 0 heterocycles. The van der Waals surface area contributed by atoms with Gasteiger partial charge in [0.1, 0.15) is 6.04 Å². The summed E-state index contributed by atoms with van der Waals surface area (Å²) in [4.78, 5) is 39.4. The van der Waals surface area contributed by atoms with E-state index in [0.717, 1.165) is 11.8 Å². The monoisotopic (exact) mass is 371 g/mol. The molecular weight excluding hydrogens is 352 g/mol. The van der Waals surface area contributed by atoms with E-state index >= 15 is 0 Å². The number of carbonyl (C=O) groups excluding carboxylic acids is 3. The van der Waals surface area contributed by atoms with E-state index in [2.05, 4.69) is 10.2 Å². The lowest BCUT2D eigenvalue weighted by molar-refractivity contribution is -0.312. The van der Waals surface area contributed by atoms with E-state index < -0.39 is 23.3 Å². The number of nitrogens with zero attached hydrogens (tertiary/aromatic N) is 1. The third kappa shape index (κ3) is 8.09. The Morgan fingerprint density at radius 2 is 1.96 bits per heavy atom. The number of esters is 1. The van der Waals surface area contributed by atoms with Gasteiger partial charge in [-0.15, -0.1) is 5.39 Å². The Bertz CT molecular complexity index is 592. The second kappa shape index (κ2) is 10.8. The summed E-state index contributed by atoms with van der Waals surface area (Å²) in [5.74, 6) is -0.957. The summed E-state index contributed by atoms with van der Waals surface area (Å²) < 4.78 is 4.86. The molecule has 1 unspecified atom stereocenters. The van der Waals surface area contributed by atoms with E-state index in [-0.39, 0.29) is 24.1 Å². The van der Waals surface area contributed by atoms with Crippen LogP contribution in [0.2, 0.25) is 0 Å². The van der Waals surface area contributed by atoms with Gasteiger partial charge in [-0.3, -0.25) is 14.4 Å². The van der Waals surface area contributed by atoms with Crippen molar-refractivity contribution in [1.29, 1.82) is 0 Å². The van der Waals surface area contributed by atoms with Gasteiger partial charge in [0, 0.05) is 18.2 Å². The first-order valence-corrected chi connectivity index (χ1v) is 8.31. The molecule has 0 aliphatic heterocycles. The van der Waals surface area contributed by atoms with E-state index in [1.807, 2.05) is 0 Å². The number of hydrogen-bond donors (Lipinski definition) is 2. The highest BCUT2D eigenvalue weighted by Gasteiger charge is 2.22. The van der Waals surface area contributed by atoms with Crippen molar-refractivity contribution in [2.45, 2.75) is 26.5 Å². The van der Waals surface area contributed by atoms with Crippen LogP contribution in [0.25, 0.3) is 0 Å². The summed E-state index contributed by atoms with van der Waals surface area (Å²) in [5.41, 5.74) is 0.959. The van der Waals surface area contributed by atoms with Crippen LogP contribution in [0.4, 0.5) is 0 Å². The predicted molar refractivity (Wildman–Crippen MR) is 89.2 cm³/mol.